The first-order chi connectivity index (χ1) is 8.58. The molecule has 2 aromatic rings. The monoisotopic (exact) mass is 282 g/mol. The van der Waals surface area contributed by atoms with Crippen molar-refractivity contribution in [3.05, 3.63) is 58.0 Å². The number of ketones is 1. The molecule has 1 N–H and O–H groups in total. The van der Waals surface area contributed by atoms with E-state index in [-0.39, 0.29) is 11.5 Å². The number of furan rings is 1. The number of aromatic hydroxyl groups is 1. The summed E-state index contributed by atoms with van der Waals surface area (Å²) in [6, 6.07) is 6.24. The lowest BCUT2D eigenvalue weighted by atomic mass is 10.2. The maximum absolute atomic E-state index is 11.7. The topological polar surface area (TPSA) is 50.4 Å². The van der Waals surface area contributed by atoms with Gasteiger partial charge in [0.1, 0.15) is 0 Å². The maximum atomic E-state index is 11.7. The summed E-state index contributed by atoms with van der Waals surface area (Å²) in [6.45, 7) is 0. The predicted molar refractivity (Wildman–Crippen MR) is 70.2 cm³/mol. The lowest BCUT2D eigenvalue weighted by Gasteiger charge is -1.98. The van der Waals surface area contributed by atoms with Crippen molar-refractivity contribution in [2.24, 2.45) is 0 Å². The Labute approximate surface area is 113 Å². The Morgan fingerprint density at radius 2 is 2.06 bits per heavy atom. The quantitative estimate of drug-likeness (QED) is 0.678. The number of benzene rings is 1. The van der Waals surface area contributed by atoms with Gasteiger partial charge in [0, 0.05) is 16.1 Å². The minimum Gasteiger partial charge on any atom is -0.504 e. The van der Waals surface area contributed by atoms with E-state index in [1.54, 1.807) is 18.2 Å². The van der Waals surface area contributed by atoms with Crippen LogP contribution in [-0.2, 0) is 0 Å². The summed E-state index contributed by atoms with van der Waals surface area (Å²) in [5.74, 6) is -0.730. The van der Waals surface area contributed by atoms with Gasteiger partial charge in [-0.15, -0.1) is 0 Å². The van der Waals surface area contributed by atoms with Gasteiger partial charge < -0.3 is 9.52 Å². The second kappa shape index (κ2) is 5.29. The number of rotatable bonds is 3. The van der Waals surface area contributed by atoms with E-state index in [1.165, 1.54) is 24.5 Å². The molecule has 0 saturated carbocycles. The van der Waals surface area contributed by atoms with E-state index in [1.807, 2.05) is 0 Å². The van der Waals surface area contributed by atoms with Gasteiger partial charge in [-0.25, -0.2) is 0 Å². The molecular formula is C13H8Cl2O3. The molecule has 0 fully saturated rings. The number of halogens is 2. The normalized spacial score (nSPS) is 11.0. The van der Waals surface area contributed by atoms with Gasteiger partial charge in [0.2, 0.25) is 11.5 Å². The van der Waals surface area contributed by atoms with E-state index in [2.05, 4.69) is 0 Å². The zero-order valence-electron chi connectivity index (χ0n) is 9.06. The van der Waals surface area contributed by atoms with Crippen molar-refractivity contribution < 1.29 is 14.3 Å². The van der Waals surface area contributed by atoms with Crippen molar-refractivity contribution in [2.45, 2.75) is 0 Å². The molecular weight excluding hydrogens is 275 g/mol. The highest BCUT2D eigenvalue weighted by Crippen LogP contribution is 2.23. The number of hydrogen-bond acceptors (Lipinski definition) is 3. The zero-order valence-corrected chi connectivity index (χ0v) is 10.6. The van der Waals surface area contributed by atoms with E-state index in [4.69, 9.17) is 27.6 Å². The van der Waals surface area contributed by atoms with Crippen LogP contribution in [-0.4, -0.2) is 10.9 Å². The number of allylic oxidation sites excluding steroid dienone is 1. The first-order valence-corrected chi connectivity index (χ1v) is 5.77. The maximum Gasteiger partial charge on any atom is 0.224 e. The average molecular weight is 283 g/mol. The van der Waals surface area contributed by atoms with E-state index in [0.717, 1.165) is 0 Å². The van der Waals surface area contributed by atoms with Gasteiger partial charge in [0.15, 0.2) is 5.75 Å². The standard InChI is InChI=1S/C13H8Cl2O3/c14-9-3-1-8(10(15)7-9)2-4-11(16)13-12(17)5-6-18-13/h1-7,17H/b4-2-. The molecule has 0 aliphatic carbocycles. The fourth-order valence-corrected chi connectivity index (χ4v) is 1.84. The van der Waals surface area contributed by atoms with Crippen molar-refractivity contribution in [2.75, 3.05) is 0 Å². The van der Waals surface area contributed by atoms with Crippen LogP contribution in [0.1, 0.15) is 16.1 Å². The van der Waals surface area contributed by atoms with Gasteiger partial charge in [-0.1, -0.05) is 29.3 Å². The second-order valence-electron chi connectivity index (χ2n) is 3.50. The van der Waals surface area contributed by atoms with Crippen molar-refractivity contribution in [3.63, 3.8) is 0 Å². The molecule has 1 aromatic heterocycles. The lowest BCUT2D eigenvalue weighted by Crippen LogP contribution is -1.91. The first-order valence-electron chi connectivity index (χ1n) is 5.02. The van der Waals surface area contributed by atoms with E-state index in [0.29, 0.717) is 15.6 Å². The third-order valence-corrected chi connectivity index (χ3v) is 2.81. The summed E-state index contributed by atoms with van der Waals surface area (Å²) >= 11 is 11.7. The molecule has 0 aliphatic heterocycles. The summed E-state index contributed by atoms with van der Waals surface area (Å²) in [6.07, 6.45) is 4.04. The third kappa shape index (κ3) is 2.75. The molecule has 3 nitrogen and oxygen atoms in total. The largest absolute Gasteiger partial charge is 0.504 e. The van der Waals surface area contributed by atoms with Gasteiger partial charge in [-0.2, -0.15) is 0 Å². The Morgan fingerprint density at radius 1 is 1.28 bits per heavy atom. The number of hydrogen-bond donors (Lipinski definition) is 1. The van der Waals surface area contributed by atoms with Crippen molar-refractivity contribution in [3.8, 4) is 5.75 Å². The molecule has 18 heavy (non-hydrogen) atoms. The van der Waals surface area contributed by atoms with Crippen LogP contribution in [0.25, 0.3) is 6.08 Å². The minimum atomic E-state index is -0.441. The molecule has 0 radical (unpaired) electrons. The number of carbonyl (C=O) groups excluding carboxylic acids is 1. The molecule has 1 heterocycles. The second-order valence-corrected chi connectivity index (χ2v) is 4.34. The highest BCUT2D eigenvalue weighted by Gasteiger charge is 2.11. The van der Waals surface area contributed by atoms with Gasteiger partial charge >= 0.3 is 0 Å². The Kier molecular flexibility index (Phi) is 3.75. The van der Waals surface area contributed by atoms with Crippen LogP contribution in [0.3, 0.4) is 0 Å². The zero-order chi connectivity index (χ0) is 13.1. The Balaban J connectivity index is 2.21. The van der Waals surface area contributed by atoms with Crippen LogP contribution in [0, 0.1) is 0 Å². The molecule has 0 atom stereocenters. The minimum absolute atomic E-state index is 0.101. The molecule has 0 bridgehead atoms. The van der Waals surface area contributed by atoms with Gasteiger partial charge in [0.05, 0.1) is 6.26 Å². The molecule has 2 rings (SSSR count). The van der Waals surface area contributed by atoms with Crippen LogP contribution in [0.4, 0.5) is 0 Å². The summed E-state index contributed by atoms with van der Waals surface area (Å²) in [5.41, 5.74) is 0.653. The van der Waals surface area contributed by atoms with Crippen molar-refractivity contribution in [1.82, 2.24) is 0 Å². The Bertz CT molecular complexity index is 614. The Morgan fingerprint density at radius 3 is 2.67 bits per heavy atom. The highest BCUT2D eigenvalue weighted by atomic mass is 35.5. The molecule has 0 amide bonds. The summed E-state index contributed by atoms with van der Waals surface area (Å²) in [4.78, 5) is 11.7. The van der Waals surface area contributed by atoms with Crippen LogP contribution in [0.15, 0.2) is 41.0 Å². The SMILES string of the molecule is O=C(/C=C\c1ccc(Cl)cc1Cl)c1occc1O. The summed E-state index contributed by atoms with van der Waals surface area (Å²) in [5, 5.41) is 10.3. The van der Waals surface area contributed by atoms with Gasteiger partial charge in [0.25, 0.3) is 0 Å². The van der Waals surface area contributed by atoms with Gasteiger partial charge in [-0.3, -0.25) is 4.79 Å². The predicted octanol–water partition coefficient (Wildman–Crippen LogP) is 4.19. The summed E-state index contributed by atoms with van der Waals surface area (Å²) < 4.78 is 4.86. The van der Waals surface area contributed by atoms with E-state index >= 15 is 0 Å². The molecule has 0 unspecified atom stereocenters. The Hall–Kier alpha value is -1.71. The molecule has 0 spiro atoms. The van der Waals surface area contributed by atoms with E-state index < -0.39 is 5.78 Å². The molecule has 1 aromatic carbocycles. The molecule has 92 valence electrons. The highest BCUT2D eigenvalue weighted by molar-refractivity contribution is 6.35. The fourth-order valence-electron chi connectivity index (χ4n) is 1.36. The van der Waals surface area contributed by atoms with E-state index in [9.17, 15) is 9.90 Å². The fraction of sp³-hybridized carbons (Fsp3) is 0. The van der Waals surface area contributed by atoms with Crippen LogP contribution in [0.5, 0.6) is 5.75 Å². The van der Waals surface area contributed by atoms with Crippen molar-refractivity contribution in [1.29, 1.82) is 0 Å². The van der Waals surface area contributed by atoms with Crippen LogP contribution < -0.4 is 0 Å². The molecule has 0 aliphatic rings. The van der Waals surface area contributed by atoms with Crippen LogP contribution >= 0.6 is 23.2 Å². The molecule has 5 heteroatoms. The smallest absolute Gasteiger partial charge is 0.224 e. The first kappa shape index (κ1) is 12.7. The summed E-state index contributed by atoms with van der Waals surface area (Å²) in [7, 11) is 0. The molecule has 0 saturated heterocycles. The van der Waals surface area contributed by atoms with Crippen LogP contribution in [0.2, 0.25) is 10.0 Å². The lowest BCUT2D eigenvalue weighted by molar-refractivity contribution is 0.101. The third-order valence-electron chi connectivity index (χ3n) is 2.24. The number of carbonyl (C=O) groups is 1. The van der Waals surface area contributed by atoms with Gasteiger partial charge in [-0.05, 0) is 29.8 Å². The van der Waals surface area contributed by atoms with Crippen molar-refractivity contribution >= 4 is 35.1 Å². The average Bonchev–Trinajstić information content (AvgIpc) is 2.74.